The van der Waals surface area contributed by atoms with Crippen LogP contribution in [0.25, 0.3) is 10.8 Å². The molecule has 1 N–H and O–H groups in total. The number of anilines is 1. The van der Waals surface area contributed by atoms with E-state index >= 15 is 0 Å². The third-order valence-corrected chi connectivity index (χ3v) is 2.95. The second-order valence-corrected chi connectivity index (χ2v) is 4.10. The maximum Gasteiger partial charge on any atom is 0.0774 e. The number of pyridine rings is 1. The van der Waals surface area contributed by atoms with Gasteiger partial charge in [-0.3, -0.25) is 9.67 Å². The van der Waals surface area contributed by atoms with Gasteiger partial charge in [0.2, 0.25) is 0 Å². The van der Waals surface area contributed by atoms with E-state index in [9.17, 15) is 0 Å². The van der Waals surface area contributed by atoms with Gasteiger partial charge in [0.05, 0.1) is 18.4 Å². The molecule has 18 heavy (non-hydrogen) atoms. The molecule has 0 aliphatic rings. The molecule has 2 heterocycles. The number of fused-ring (bicyclic) bond motifs is 1. The molecule has 3 rings (SSSR count). The lowest BCUT2D eigenvalue weighted by Crippen LogP contribution is -2.05. The van der Waals surface area contributed by atoms with Crippen LogP contribution in [0.1, 0.15) is 5.69 Å². The van der Waals surface area contributed by atoms with E-state index < -0.39 is 0 Å². The molecule has 0 spiro atoms. The number of aryl methyl sites for hydroxylation is 1. The Kier molecular flexibility index (Phi) is 2.64. The molecule has 0 amide bonds. The van der Waals surface area contributed by atoms with Gasteiger partial charge in [0.15, 0.2) is 0 Å². The van der Waals surface area contributed by atoms with Crippen molar-refractivity contribution in [3.05, 3.63) is 48.5 Å². The monoisotopic (exact) mass is 239 g/mol. The lowest BCUT2D eigenvalue weighted by atomic mass is 10.1. The molecule has 5 heteroatoms. The van der Waals surface area contributed by atoms with E-state index in [4.69, 9.17) is 0 Å². The Morgan fingerprint density at radius 2 is 2.17 bits per heavy atom. The Labute approximate surface area is 104 Å². The van der Waals surface area contributed by atoms with Crippen LogP contribution in [0.4, 0.5) is 5.69 Å². The maximum absolute atomic E-state index is 4.17. The average Bonchev–Trinajstić information content (AvgIpc) is 2.82. The van der Waals surface area contributed by atoms with Crippen molar-refractivity contribution in [2.45, 2.75) is 6.54 Å². The van der Waals surface area contributed by atoms with Crippen molar-refractivity contribution in [2.24, 2.45) is 7.05 Å². The number of rotatable bonds is 3. The highest BCUT2D eigenvalue weighted by Crippen LogP contribution is 2.22. The molecule has 0 bridgehead atoms. The highest BCUT2D eigenvalue weighted by atomic mass is 15.4. The zero-order valence-corrected chi connectivity index (χ0v) is 10.0. The summed E-state index contributed by atoms with van der Waals surface area (Å²) in [7, 11) is 1.88. The first-order valence-electron chi connectivity index (χ1n) is 5.75. The van der Waals surface area contributed by atoms with Crippen molar-refractivity contribution in [2.75, 3.05) is 5.32 Å². The molecule has 0 atom stereocenters. The van der Waals surface area contributed by atoms with Gasteiger partial charge in [-0.2, -0.15) is 0 Å². The van der Waals surface area contributed by atoms with E-state index in [2.05, 4.69) is 26.7 Å². The number of nitrogens with zero attached hydrogens (tertiary/aromatic N) is 4. The predicted molar refractivity (Wildman–Crippen MR) is 70.1 cm³/mol. The normalized spacial score (nSPS) is 10.7. The lowest BCUT2D eigenvalue weighted by molar-refractivity contribution is 0.683. The van der Waals surface area contributed by atoms with Gasteiger partial charge >= 0.3 is 0 Å². The van der Waals surface area contributed by atoms with Crippen LogP contribution in [0.5, 0.6) is 0 Å². The molecule has 2 aromatic heterocycles. The summed E-state index contributed by atoms with van der Waals surface area (Å²) in [5.41, 5.74) is 2.11. The van der Waals surface area contributed by atoms with E-state index in [1.54, 1.807) is 17.1 Å². The van der Waals surface area contributed by atoms with Gasteiger partial charge < -0.3 is 5.32 Å². The minimum Gasteiger partial charge on any atom is -0.379 e. The molecule has 90 valence electrons. The van der Waals surface area contributed by atoms with E-state index in [-0.39, 0.29) is 0 Å². The van der Waals surface area contributed by atoms with Gasteiger partial charge in [0.25, 0.3) is 0 Å². The topological polar surface area (TPSA) is 55.6 Å². The fraction of sp³-hybridized carbons (Fsp3) is 0.154. The summed E-state index contributed by atoms with van der Waals surface area (Å²) in [4.78, 5) is 4.17. The molecule has 0 unspecified atom stereocenters. The summed E-state index contributed by atoms with van der Waals surface area (Å²) in [5.74, 6) is 0. The van der Waals surface area contributed by atoms with Crippen LogP contribution in [0.15, 0.2) is 42.9 Å². The third kappa shape index (κ3) is 1.90. The maximum atomic E-state index is 4.17. The van der Waals surface area contributed by atoms with Gasteiger partial charge in [0, 0.05) is 30.5 Å². The second-order valence-electron chi connectivity index (χ2n) is 4.10. The Hall–Kier alpha value is -2.43. The minimum absolute atomic E-state index is 0.692. The smallest absolute Gasteiger partial charge is 0.0774 e. The summed E-state index contributed by atoms with van der Waals surface area (Å²) in [6, 6.07) is 8.17. The highest BCUT2D eigenvalue weighted by Gasteiger charge is 2.02. The largest absolute Gasteiger partial charge is 0.379 e. The summed E-state index contributed by atoms with van der Waals surface area (Å²) in [6.07, 6.45) is 5.44. The zero-order valence-electron chi connectivity index (χ0n) is 10.0. The highest BCUT2D eigenvalue weighted by molar-refractivity contribution is 5.92. The van der Waals surface area contributed by atoms with Crippen molar-refractivity contribution in [1.29, 1.82) is 0 Å². The van der Waals surface area contributed by atoms with Crippen LogP contribution >= 0.6 is 0 Å². The molecule has 0 fully saturated rings. The molecule has 0 saturated heterocycles. The Morgan fingerprint density at radius 3 is 3.00 bits per heavy atom. The molecule has 5 nitrogen and oxygen atoms in total. The number of aromatic nitrogens is 4. The van der Waals surface area contributed by atoms with Crippen LogP contribution in [0, 0.1) is 0 Å². The molecule has 0 aliphatic carbocycles. The van der Waals surface area contributed by atoms with E-state index in [0.717, 1.165) is 16.8 Å². The summed E-state index contributed by atoms with van der Waals surface area (Å²) < 4.78 is 1.76. The quantitative estimate of drug-likeness (QED) is 0.759. The van der Waals surface area contributed by atoms with Gasteiger partial charge in [-0.25, -0.2) is 0 Å². The van der Waals surface area contributed by atoms with Gasteiger partial charge in [0.1, 0.15) is 0 Å². The number of hydrogen-bond acceptors (Lipinski definition) is 4. The molecule has 0 saturated carbocycles. The van der Waals surface area contributed by atoms with Crippen molar-refractivity contribution in [3.8, 4) is 0 Å². The van der Waals surface area contributed by atoms with Crippen LogP contribution in [-0.2, 0) is 13.6 Å². The predicted octanol–water partition coefficient (Wildman–Crippen LogP) is 1.98. The number of benzene rings is 1. The number of nitrogens with one attached hydrogen (secondary N) is 1. The molecule has 1 aromatic carbocycles. The Bertz CT molecular complexity index is 668. The fourth-order valence-corrected chi connectivity index (χ4v) is 1.92. The molecular weight excluding hydrogens is 226 g/mol. The fourth-order valence-electron chi connectivity index (χ4n) is 1.92. The summed E-state index contributed by atoms with van der Waals surface area (Å²) >= 11 is 0. The Morgan fingerprint density at radius 1 is 1.22 bits per heavy atom. The van der Waals surface area contributed by atoms with Crippen molar-refractivity contribution in [1.82, 2.24) is 20.0 Å². The molecule has 0 radical (unpaired) electrons. The first kappa shape index (κ1) is 10.7. The van der Waals surface area contributed by atoms with Gasteiger partial charge in [-0.05, 0) is 17.5 Å². The van der Waals surface area contributed by atoms with E-state index in [0.29, 0.717) is 6.54 Å². The summed E-state index contributed by atoms with van der Waals surface area (Å²) in [5, 5.41) is 13.5. The lowest BCUT2D eigenvalue weighted by Gasteiger charge is -2.09. The van der Waals surface area contributed by atoms with Crippen molar-refractivity contribution >= 4 is 16.5 Å². The van der Waals surface area contributed by atoms with Crippen molar-refractivity contribution < 1.29 is 0 Å². The first-order chi connectivity index (χ1) is 8.84. The first-order valence-corrected chi connectivity index (χ1v) is 5.75. The SMILES string of the molecule is Cn1nncc1CNc1cccc2ccncc12. The van der Waals surface area contributed by atoms with Crippen LogP contribution in [0.3, 0.4) is 0 Å². The number of hydrogen-bond donors (Lipinski definition) is 1. The standard InChI is InChI=1S/C13H13N5/c1-18-11(8-16-17-18)7-15-13-4-2-3-10-5-6-14-9-12(10)13/h2-6,8-9,15H,7H2,1H3. The van der Waals surface area contributed by atoms with Crippen LogP contribution < -0.4 is 5.32 Å². The molecule has 3 aromatic rings. The zero-order chi connectivity index (χ0) is 12.4. The molecular formula is C13H13N5. The van der Waals surface area contributed by atoms with Crippen LogP contribution in [0.2, 0.25) is 0 Å². The third-order valence-electron chi connectivity index (χ3n) is 2.95. The Balaban J connectivity index is 1.89. The molecule has 0 aliphatic heterocycles. The van der Waals surface area contributed by atoms with Gasteiger partial charge in [-0.1, -0.05) is 17.3 Å². The van der Waals surface area contributed by atoms with E-state index in [1.165, 1.54) is 5.39 Å². The minimum atomic E-state index is 0.692. The average molecular weight is 239 g/mol. The van der Waals surface area contributed by atoms with Crippen molar-refractivity contribution in [3.63, 3.8) is 0 Å². The van der Waals surface area contributed by atoms with Gasteiger partial charge in [-0.15, -0.1) is 5.10 Å². The van der Waals surface area contributed by atoms with Crippen LogP contribution in [-0.4, -0.2) is 20.0 Å². The van der Waals surface area contributed by atoms with E-state index in [1.807, 2.05) is 31.4 Å². The second kappa shape index (κ2) is 4.44. The summed E-state index contributed by atoms with van der Waals surface area (Å²) in [6.45, 7) is 0.692.